The number of dihydropyridines is 1. The van der Waals surface area contributed by atoms with Gasteiger partial charge in [-0.2, -0.15) is 0 Å². The predicted octanol–water partition coefficient (Wildman–Crippen LogP) is 16.1. The first-order chi connectivity index (χ1) is 35.7. The van der Waals surface area contributed by atoms with Crippen molar-refractivity contribution in [3.63, 3.8) is 0 Å². The Balaban J connectivity index is 0.952. The van der Waals surface area contributed by atoms with E-state index in [1.54, 1.807) is 0 Å². The Hall–Kier alpha value is -9.38. The first kappa shape index (κ1) is 42.7. The number of nitrogens with one attached hydrogen (secondary N) is 2. The molecule has 0 amide bonds. The Morgan fingerprint density at radius 3 is 1.31 bits per heavy atom. The molecule has 2 N–H and O–H groups in total. The zero-order valence-electron chi connectivity index (χ0n) is 39.5. The van der Waals surface area contributed by atoms with E-state index < -0.39 is 6.17 Å². The maximum atomic E-state index is 5.45. The third-order valence-corrected chi connectivity index (χ3v) is 14.2. The molecule has 0 aliphatic carbocycles. The van der Waals surface area contributed by atoms with Gasteiger partial charge in [0, 0.05) is 16.7 Å². The molecule has 11 aromatic rings. The van der Waals surface area contributed by atoms with Crippen molar-refractivity contribution in [3.8, 4) is 11.1 Å². The minimum absolute atomic E-state index is 0.155. The molecule has 2 aliphatic rings. The molecule has 0 spiro atoms. The molecule has 72 heavy (non-hydrogen) atoms. The zero-order chi connectivity index (χ0) is 47.8. The molecule has 0 bridgehead atoms. The van der Waals surface area contributed by atoms with Crippen molar-refractivity contribution in [2.24, 2.45) is 9.98 Å². The molecule has 340 valence electrons. The lowest BCUT2D eigenvalue weighted by Crippen LogP contribution is -2.36. The topological polar surface area (TPSA) is 48.8 Å². The van der Waals surface area contributed by atoms with Gasteiger partial charge in [0.2, 0.25) is 0 Å². The molecule has 0 aromatic heterocycles. The van der Waals surface area contributed by atoms with Crippen molar-refractivity contribution in [2.75, 3.05) is 0 Å². The van der Waals surface area contributed by atoms with Crippen LogP contribution >= 0.6 is 0 Å². The number of hydrogen-bond donors (Lipinski definition) is 2. The summed E-state index contributed by atoms with van der Waals surface area (Å²) < 4.78 is 0. The van der Waals surface area contributed by atoms with Crippen molar-refractivity contribution < 1.29 is 0 Å². The van der Waals surface area contributed by atoms with Gasteiger partial charge in [-0.25, -0.2) is 9.98 Å². The minimum atomic E-state index is -0.523. The Morgan fingerprint density at radius 2 is 0.708 bits per heavy atom. The fraction of sp³-hybridized carbons (Fsp3) is 0.0294. The fourth-order valence-corrected chi connectivity index (χ4v) is 10.8. The molecule has 2 heterocycles. The second kappa shape index (κ2) is 18.5. The van der Waals surface area contributed by atoms with E-state index in [0.717, 1.165) is 73.0 Å². The molecule has 2 atom stereocenters. The maximum absolute atomic E-state index is 5.45. The highest BCUT2D eigenvalue weighted by Crippen LogP contribution is 2.50. The van der Waals surface area contributed by atoms with E-state index in [9.17, 15) is 0 Å². The van der Waals surface area contributed by atoms with Gasteiger partial charge in [0.1, 0.15) is 11.7 Å². The number of aliphatic imine (C=N–C) groups is 2. The molecule has 2 unspecified atom stereocenters. The first-order valence-electron chi connectivity index (χ1n) is 24.7. The summed E-state index contributed by atoms with van der Waals surface area (Å²) in [5.74, 6) is 1.55. The first-order valence-corrected chi connectivity index (χ1v) is 24.7. The minimum Gasteiger partial charge on any atom is -0.373 e. The molecule has 0 radical (unpaired) electrons. The Kier molecular flexibility index (Phi) is 11.0. The Labute approximate surface area is 419 Å². The van der Waals surface area contributed by atoms with Crippen LogP contribution in [-0.2, 0) is 0 Å². The Morgan fingerprint density at radius 1 is 0.278 bits per heavy atom. The van der Waals surface area contributed by atoms with Crippen LogP contribution in [0.5, 0.6) is 0 Å². The van der Waals surface area contributed by atoms with Crippen molar-refractivity contribution in [2.45, 2.75) is 12.2 Å². The van der Waals surface area contributed by atoms with Crippen LogP contribution in [-0.4, -0.2) is 11.7 Å². The lowest BCUT2D eigenvalue weighted by atomic mass is 9.77. The summed E-state index contributed by atoms with van der Waals surface area (Å²) in [6.07, 6.45) is -0.523. The number of hydrogen-bond acceptors (Lipinski definition) is 4. The van der Waals surface area contributed by atoms with Gasteiger partial charge >= 0.3 is 0 Å². The third-order valence-electron chi connectivity index (χ3n) is 14.2. The standard InChI is InChI=1S/C68H48N4/c1-6-21-46(22-7-1)62-61(63(47-23-8-2-9-24-47)65(49-27-12-4-13-28-49)69-64(62)48-25-10-3-11-26-48)53-31-20-32-54(43-53)68-71-66(50-29-14-5-15-30-50)70-67(72-68)51-39-37-45(38-40-51)52-41-42-59-57-35-17-16-33-55(57)56-34-18-19-36-58(56)60(59)44-52/h1-44,64,68-69H,(H,70,71,72). The fourth-order valence-electron chi connectivity index (χ4n) is 10.8. The van der Waals surface area contributed by atoms with E-state index in [-0.39, 0.29) is 6.04 Å². The van der Waals surface area contributed by atoms with Crippen LogP contribution in [0, 0.1) is 0 Å². The van der Waals surface area contributed by atoms with Crippen molar-refractivity contribution >= 4 is 66.4 Å². The van der Waals surface area contributed by atoms with Gasteiger partial charge in [-0.1, -0.05) is 255 Å². The van der Waals surface area contributed by atoms with E-state index in [1.807, 2.05) is 6.07 Å². The normalized spacial score (nSPS) is 15.8. The molecule has 11 aromatic carbocycles. The van der Waals surface area contributed by atoms with Crippen LogP contribution in [0.25, 0.3) is 65.9 Å². The van der Waals surface area contributed by atoms with Gasteiger partial charge in [0.05, 0.1) is 11.7 Å². The summed E-state index contributed by atoms with van der Waals surface area (Å²) in [5.41, 5.74) is 15.6. The summed E-state index contributed by atoms with van der Waals surface area (Å²) in [6, 6.07) is 95.5. The Bertz CT molecular complexity index is 3900. The second-order valence-electron chi connectivity index (χ2n) is 18.5. The third kappa shape index (κ3) is 7.86. The van der Waals surface area contributed by atoms with E-state index in [4.69, 9.17) is 9.98 Å². The second-order valence-corrected chi connectivity index (χ2v) is 18.5. The summed E-state index contributed by atoms with van der Waals surface area (Å²) in [6.45, 7) is 0. The molecular formula is C68H48N4. The molecule has 13 rings (SSSR count). The summed E-state index contributed by atoms with van der Waals surface area (Å²) in [4.78, 5) is 10.8. The molecule has 0 fully saturated rings. The number of nitrogens with zero attached hydrogens (tertiary/aromatic N) is 2. The van der Waals surface area contributed by atoms with Gasteiger partial charge in [-0.15, -0.1) is 0 Å². The molecule has 2 aliphatic heterocycles. The van der Waals surface area contributed by atoms with Gasteiger partial charge in [-0.3, -0.25) is 0 Å². The molecule has 4 heteroatoms. The van der Waals surface area contributed by atoms with Gasteiger partial charge in [0.25, 0.3) is 0 Å². The van der Waals surface area contributed by atoms with Crippen LogP contribution in [0.1, 0.15) is 56.7 Å². The van der Waals surface area contributed by atoms with Gasteiger partial charge < -0.3 is 10.6 Å². The van der Waals surface area contributed by atoms with E-state index in [1.165, 1.54) is 49.0 Å². The SMILES string of the molecule is c1ccc(C2=NC(c3cccc(C4=C(c5ccccc5)C(c5ccccc5)NC(c5ccccc5)=C4c4ccccc4)c3)N=C(c3ccc(-c4ccc5c6ccccc6c6ccccc6c5c4)cc3)N2)cc1. The van der Waals surface area contributed by atoms with E-state index >= 15 is 0 Å². The lowest BCUT2D eigenvalue weighted by Gasteiger charge is -2.36. The lowest BCUT2D eigenvalue weighted by molar-refractivity contribution is 0.755. The number of benzene rings is 11. The highest BCUT2D eigenvalue weighted by Gasteiger charge is 2.33. The molecule has 0 saturated heterocycles. The number of fused-ring (bicyclic) bond motifs is 6. The van der Waals surface area contributed by atoms with Crippen molar-refractivity contribution in [3.05, 3.63) is 311 Å². The van der Waals surface area contributed by atoms with Crippen LogP contribution in [0.3, 0.4) is 0 Å². The van der Waals surface area contributed by atoms with E-state index in [0.29, 0.717) is 0 Å². The molecule has 4 nitrogen and oxygen atoms in total. The average Bonchev–Trinajstić information content (AvgIpc) is 3.47. The van der Waals surface area contributed by atoms with E-state index in [2.05, 4.69) is 271 Å². The van der Waals surface area contributed by atoms with Crippen molar-refractivity contribution in [1.82, 2.24) is 10.6 Å². The smallest absolute Gasteiger partial charge is 0.169 e. The maximum Gasteiger partial charge on any atom is 0.169 e. The number of allylic oxidation sites excluding steroid dienone is 2. The quantitative estimate of drug-likeness (QED) is 0.142. The van der Waals surface area contributed by atoms with Crippen LogP contribution in [0.4, 0.5) is 0 Å². The average molecular weight is 921 g/mol. The zero-order valence-corrected chi connectivity index (χ0v) is 39.5. The van der Waals surface area contributed by atoms with Crippen molar-refractivity contribution in [1.29, 1.82) is 0 Å². The van der Waals surface area contributed by atoms with Gasteiger partial charge in [-0.05, 0) is 100 Å². The highest BCUT2D eigenvalue weighted by atomic mass is 15.2. The summed E-state index contributed by atoms with van der Waals surface area (Å²) in [7, 11) is 0. The summed E-state index contributed by atoms with van der Waals surface area (Å²) >= 11 is 0. The molecule has 0 saturated carbocycles. The van der Waals surface area contributed by atoms with Crippen LogP contribution < -0.4 is 10.6 Å². The van der Waals surface area contributed by atoms with Gasteiger partial charge in [0.15, 0.2) is 6.17 Å². The number of rotatable bonds is 9. The highest BCUT2D eigenvalue weighted by molar-refractivity contribution is 6.26. The predicted molar refractivity (Wildman–Crippen MR) is 302 cm³/mol. The summed E-state index contributed by atoms with van der Waals surface area (Å²) in [5, 5.41) is 15.4. The van der Waals surface area contributed by atoms with Crippen LogP contribution in [0.2, 0.25) is 0 Å². The monoisotopic (exact) mass is 920 g/mol. The molecular weight excluding hydrogens is 873 g/mol. The largest absolute Gasteiger partial charge is 0.373 e. The van der Waals surface area contributed by atoms with Crippen LogP contribution in [0.15, 0.2) is 277 Å². The number of amidine groups is 2.